The monoisotopic (exact) mass is 286 g/mol. The third kappa shape index (κ3) is 1.73. The smallest absolute Gasteiger partial charge is 0.167 e. The maximum atomic E-state index is 12.3. The number of phenolic OH excluding ortho intramolecular Hbond substituents is 1. The predicted molar refractivity (Wildman–Crippen MR) is 79.1 cm³/mol. The van der Waals surface area contributed by atoms with E-state index in [0.29, 0.717) is 29.9 Å². The van der Waals surface area contributed by atoms with Gasteiger partial charge < -0.3 is 10.2 Å². The van der Waals surface area contributed by atoms with Crippen LogP contribution in [-0.4, -0.2) is 22.1 Å². The van der Waals surface area contributed by atoms with E-state index in [1.807, 2.05) is 6.07 Å². The Labute approximate surface area is 125 Å². The number of aryl methyl sites for hydroxylation is 1. The van der Waals surface area contributed by atoms with E-state index in [1.54, 1.807) is 6.07 Å². The van der Waals surface area contributed by atoms with Gasteiger partial charge in [0.05, 0.1) is 0 Å². The van der Waals surface area contributed by atoms with Crippen molar-refractivity contribution >= 4 is 5.78 Å². The van der Waals surface area contributed by atoms with Crippen molar-refractivity contribution in [2.24, 2.45) is 17.3 Å². The zero-order valence-electron chi connectivity index (χ0n) is 12.4. The highest BCUT2D eigenvalue weighted by Gasteiger charge is 2.57. The van der Waals surface area contributed by atoms with Crippen molar-refractivity contribution in [3.63, 3.8) is 0 Å². The van der Waals surface area contributed by atoms with Crippen LogP contribution < -0.4 is 0 Å². The van der Waals surface area contributed by atoms with Crippen LogP contribution in [0.25, 0.3) is 0 Å². The molecule has 0 amide bonds. The average molecular weight is 286 g/mol. The van der Waals surface area contributed by atoms with Gasteiger partial charge in [0.25, 0.3) is 0 Å². The summed E-state index contributed by atoms with van der Waals surface area (Å²) < 4.78 is 0. The molecule has 0 heterocycles. The number of rotatable bonds is 0. The van der Waals surface area contributed by atoms with E-state index in [1.165, 1.54) is 11.1 Å². The second-order valence-corrected chi connectivity index (χ2v) is 7.37. The molecule has 2 N–H and O–H groups in total. The molecule has 0 spiro atoms. The maximum Gasteiger partial charge on any atom is 0.167 e. The van der Waals surface area contributed by atoms with Gasteiger partial charge in [0.15, 0.2) is 5.78 Å². The Morgan fingerprint density at radius 2 is 2.10 bits per heavy atom. The summed E-state index contributed by atoms with van der Waals surface area (Å²) in [5, 5.41) is 19.7. The lowest BCUT2D eigenvalue weighted by molar-refractivity contribution is -0.134. The highest BCUT2D eigenvalue weighted by molar-refractivity contribution is 5.91. The number of carbonyl (C=O) groups is 1. The standard InChI is InChI=1S/C18H22O3/c1-18-7-6-13-12-5-3-11(19)8-10(12)2-4-14(13)15(18)9-16(20)17(18)21/h3,5,8,13-16,19-20H,2,4,6-7,9H2,1H3/t13?,14?,15?,16?,18-/m0/s1. The molecule has 4 rings (SSSR count). The first-order chi connectivity index (χ1) is 10.0. The van der Waals surface area contributed by atoms with Gasteiger partial charge in [0.2, 0.25) is 0 Å². The van der Waals surface area contributed by atoms with E-state index in [2.05, 4.69) is 13.0 Å². The van der Waals surface area contributed by atoms with Crippen LogP contribution in [0.3, 0.4) is 0 Å². The van der Waals surface area contributed by atoms with Crippen molar-refractivity contribution in [1.29, 1.82) is 0 Å². The zero-order chi connectivity index (χ0) is 14.8. The molecule has 3 aliphatic rings. The van der Waals surface area contributed by atoms with Crippen molar-refractivity contribution in [3.8, 4) is 5.75 Å². The molecule has 2 saturated carbocycles. The Morgan fingerprint density at radius 1 is 1.29 bits per heavy atom. The number of fused-ring (bicyclic) bond motifs is 5. The topological polar surface area (TPSA) is 57.5 Å². The number of Topliss-reactive ketones (excluding diaryl/α,β-unsaturated/α-hetero) is 1. The van der Waals surface area contributed by atoms with Crippen molar-refractivity contribution in [1.82, 2.24) is 0 Å². The summed E-state index contributed by atoms with van der Waals surface area (Å²) in [6.07, 6.45) is 3.84. The van der Waals surface area contributed by atoms with Crippen LogP contribution in [0.4, 0.5) is 0 Å². The molecular weight excluding hydrogens is 264 g/mol. The number of hydrogen-bond acceptors (Lipinski definition) is 3. The summed E-state index contributed by atoms with van der Waals surface area (Å²) >= 11 is 0. The molecule has 4 unspecified atom stereocenters. The number of carbonyl (C=O) groups excluding carboxylic acids is 1. The lowest BCUT2D eigenvalue weighted by Crippen LogP contribution is -2.42. The van der Waals surface area contributed by atoms with Gasteiger partial charge in [-0.25, -0.2) is 0 Å². The maximum absolute atomic E-state index is 12.3. The molecule has 0 saturated heterocycles. The fourth-order valence-electron chi connectivity index (χ4n) is 5.36. The van der Waals surface area contributed by atoms with Gasteiger partial charge in [-0.05, 0) is 73.1 Å². The van der Waals surface area contributed by atoms with Crippen molar-refractivity contribution in [2.75, 3.05) is 0 Å². The number of benzene rings is 1. The Balaban J connectivity index is 1.73. The summed E-state index contributed by atoms with van der Waals surface area (Å²) in [5.41, 5.74) is 2.32. The number of hydrogen-bond donors (Lipinski definition) is 2. The van der Waals surface area contributed by atoms with Crippen LogP contribution in [0.2, 0.25) is 0 Å². The summed E-state index contributed by atoms with van der Waals surface area (Å²) in [7, 11) is 0. The number of aliphatic hydroxyl groups excluding tert-OH is 1. The number of aromatic hydroxyl groups is 1. The molecule has 3 heteroatoms. The summed E-state index contributed by atoms with van der Waals surface area (Å²) in [6.45, 7) is 2.07. The fourth-order valence-corrected chi connectivity index (χ4v) is 5.36. The lowest BCUT2D eigenvalue weighted by atomic mass is 9.55. The molecule has 1 aromatic carbocycles. The molecule has 3 aliphatic carbocycles. The van der Waals surface area contributed by atoms with Crippen molar-refractivity contribution < 1.29 is 15.0 Å². The van der Waals surface area contributed by atoms with Crippen LogP contribution in [0.1, 0.15) is 49.7 Å². The van der Waals surface area contributed by atoms with Gasteiger partial charge >= 0.3 is 0 Å². The Hall–Kier alpha value is -1.35. The zero-order valence-corrected chi connectivity index (χ0v) is 12.4. The van der Waals surface area contributed by atoms with Crippen LogP contribution in [0.5, 0.6) is 5.75 Å². The average Bonchev–Trinajstić information content (AvgIpc) is 2.70. The predicted octanol–water partition coefficient (Wildman–Crippen LogP) is 2.79. The van der Waals surface area contributed by atoms with E-state index in [-0.39, 0.29) is 11.2 Å². The molecule has 21 heavy (non-hydrogen) atoms. The molecular formula is C18H22O3. The first-order valence-electron chi connectivity index (χ1n) is 8.05. The molecule has 1 aromatic rings. The normalized spacial score (nSPS) is 41.3. The third-order valence-corrected chi connectivity index (χ3v) is 6.44. The molecule has 0 aromatic heterocycles. The summed E-state index contributed by atoms with van der Waals surface area (Å²) in [4.78, 5) is 12.3. The number of ketones is 1. The second-order valence-electron chi connectivity index (χ2n) is 7.37. The van der Waals surface area contributed by atoms with Gasteiger partial charge in [0.1, 0.15) is 11.9 Å². The largest absolute Gasteiger partial charge is 0.508 e. The SMILES string of the molecule is C[C@]12CCC3c4ccc(O)cc4CCC3C1CC(O)C2=O. The van der Waals surface area contributed by atoms with Crippen molar-refractivity contribution in [2.45, 2.75) is 51.0 Å². The number of phenols is 1. The quantitative estimate of drug-likeness (QED) is 0.771. The Bertz CT molecular complexity index is 608. The molecule has 112 valence electrons. The highest BCUT2D eigenvalue weighted by atomic mass is 16.3. The first kappa shape index (κ1) is 13.3. The Morgan fingerprint density at radius 3 is 2.90 bits per heavy atom. The Kier molecular flexibility index (Phi) is 2.74. The van der Waals surface area contributed by atoms with Gasteiger partial charge in [-0.3, -0.25) is 4.79 Å². The highest BCUT2D eigenvalue weighted by Crippen LogP contribution is 2.59. The van der Waals surface area contributed by atoms with Crippen LogP contribution in [-0.2, 0) is 11.2 Å². The molecule has 0 bridgehead atoms. The van der Waals surface area contributed by atoms with Crippen LogP contribution in [0.15, 0.2) is 18.2 Å². The fraction of sp³-hybridized carbons (Fsp3) is 0.611. The van der Waals surface area contributed by atoms with Gasteiger partial charge in [-0.1, -0.05) is 13.0 Å². The van der Waals surface area contributed by atoms with Crippen LogP contribution in [0, 0.1) is 17.3 Å². The molecule has 0 radical (unpaired) electrons. The first-order valence-corrected chi connectivity index (χ1v) is 8.05. The molecule has 5 atom stereocenters. The van der Waals surface area contributed by atoms with Gasteiger partial charge in [-0.15, -0.1) is 0 Å². The summed E-state index contributed by atoms with van der Waals surface area (Å²) in [6, 6.07) is 5.75. The minimum absolute atomic E-state index is 0.0717. The van der Waals surface area contributed by atoms with E-state index in [9.17, 15) is 15.0 Å². The van der Waals surface area contributed by atoms with E-state index >= 15 is 0 Å². The minimum Gasteiger partial charge on any atom is -0.508 e. The lowest BCUT2D eigenvalue weighted by Gasteiger charge is -2.48. The van der Waals surface area contributed by atoms with Crippen molar-refractivity contribution in [3.05, 3.63) is 29.3 Å². The second kappa shape index (κ2) is 4.33. The van der Waals surface area contributed by atoms with E-state index in [0.717, 1.165) is 25.7 Å². The molecule has 3 nitrogen and oxygen atoms in total. The summed E-state index contributed by atoms with van der Waals surface area (Å²) in [5.74, 6) is 1.73. The van der Waals surface area contributed by atoms with Gasteiger partial charge in [-0.2, -0.15) is 0 Å². The van der Waals surface area contributed by atoms with E-state index < -0.39 is 6.10 Å². The number of aliphatic hydroxyl groups is 1. The third-order valence-electron chi connectivity index (χ3n) is 6.44. The van der Waals surface area contributed by atoms with Crippen LogP contribution >= 0.6 is 0 Å². The molecule has 0 aliphatic heterocycles. The van der Waals surface area contributed by atoms with Gasteiger partial charge in [0, 0.05) is 5.41 Å². The van der Waals surface area contributed by atoms with E-state index in [4.69, 9.17) is 0 Å². The minimum atomic E-state index is -0.750. The molecule has 2 fully saturated rings.